The van der Waals surface area contributed by atoms with Crippen LogP contribution in [0.4, 0.5) is 4.79 Å². The summed E-state index contributed by atoms with van der Waals surface area (Å²) in [7, 11) is 1.87. The first-order valence-electron chi connectivity index (χ1n) is 22.9. The van der Waals surface area contributed by atoms with Crippen molar-refractivity contribution in [1.82, 2.24) is 10.2 Å². The molecule has 6 heteroatoms. The maximum Gasteiger partial charge on any atom is 0.409 e. The Morgan fingerprint density at radius 3 is 1.68 bits per heavy atom. The topological polar surface area (TPSA) is 60.0 Å². The molecule has 0 aromatic rings. The van der Waals surface area contributed by atoms with E-state index in [1.165, 1.54) is 148 Å². The lowest BCUT2D eigenvalue weighted by molar-refractivity contribution is -0.204. The van der Waals surface area contributed by atoms with Crippen LogP contribution in [-0.2, 0) is 14.2 Å². The number of rotatable bonds is 34. The first-order chi connectivity index (χ1) is 26.1. The molecule has 0 radical (unpaired) electrons. The predicted molar refractivity (Wildman–Crippen MR) is 227 cm³/mol. The van der Waals surface area contributed by atoms with Crippen molar-refractivity contribution < 1.29 is 19.0 Å². The van der Waals surface area contributed by atoms with Gasteiger partial charge in [0.05, 0.1) is 13.2 Å². The number of hydrogen-bond donors (Lipinski definition) is 1. The molecule has 2 atom stereocenters. The molecule has 2 saturated heterocycles. The lowest BCUT2D eigenvalue weighted by Crippen LogP contribution is -2.53. The van der Waals surface area contributed by atoms with E-state index in [9.17, 15) is 4.79 Å². The Balaban J connectivity index is 1.69. The summed E-state index contributed by atoms with van der Waals surface area (Å²) in [5.41, 5.74) is -0.402. The Bertz CT molecular complexity index is 951. The van der Waals surface area contributed by atoms with Crippen molar-refractivity contribution in [3.63, 3.8) is 0 Å². The van der Waals surface area contributed by atoms with Crippen LogP contribution in [0.5, 0.6) is 0 Å². The molecule has 1 spiro atoms. The van der Waals surface area contributed by atoms with Gasteiger partial charge in [-0.2, -0.15) is 0 Å². The fourth-order valence-corrected chi connectivity index (χ4v) is 7.90. The van der Waals surface area contributed by atoms with Crippen LogP contribution < -0.4 is 5.32 Å². The second-order valence-corrected chi connectivity index (χ2v) is 16.2. The van der Waals surface area contributed by atoms with Crippen molar-refractivity contribution in [3.8, 4) is 0 Å². The number of hydrogen-bond acceptors (Lipinski definition) is 5. The number of piperidine rings is 1. The van der Waals surface area contributed by atoms with Crippen LogP contribution in [0, 0.1) is 0 Å². The zero-order valence-electron chi connectivity index (χ0n) is 35.3. The molecule has 2 aliphatic rings. The number of allylic oxidation sites excluding steroid dienone is 6. The molecule has 2 aliphatic heterocycles. The SMILES string of the molecule is CCCCC/C=C\C/C=C\CCCCCCCCC1(CCCCCCCC/C=C\CCCCCCCC)OCC2(CCCN(C(=O)OCCNC)C2)O1. The number of likely N-dealkylation sites (tertiary alicyclic amines) is 1. The maximum atomic E-state index is 12.8. The first-order valence-corrected chi connectivity index (χ1v) is 22.9. The van der Waals surface area contributed by atoms with Gasteiger partial charge >= 0.3 is 6.09 Å². The molecule has 53 heavy (non-hydrogen) atoms. The molecular formula is C47H86N2O4. The molecular weight excluding hydrogens is 657 g/mol. The van der Waals surface area contributed by atoms with E-state index in [-0.39, 0.29) is 6.09 Å². The third kappa shape index (κ3) is 23.8. The number of likely N-dealkylation sites (N-methyl/N-ethyl adjacent to an activating group) is 1. The van der Waals surface area contributed by atoms with Gasteiger partial charge in [-0.1, -0.05) is 147 Å². The van der Waals surface area contributed by atoms with Gasteiger partial charge < -0.3 is 24.4 Å². The number of unbranched alkanes of at least 4 members (excludes halogenated alkanes) is 21. The van der Waals surface area contributed by atoms with Crippen LogP contribution in [0.2, 0.25) is 0 Å². The van der Waals surface area contributed by atoms with Gasteiger partial charge in [0.1, 0.15) is 12.2 Å². The third-order valence-electron chi connectivity index (χ3n) is 11.2. The van der Waals surface area contributed by atoms with Crippen molar-refractivity contribution in [3.05, 3.63) is 36.5 Å². The summed E-state index contributed by atoms with van der Waals surface area (Å²) in [4.78, 5) is 14.7. The average Bonchev–Trinajstić information content (AvgIpc) is 3.51. The van der Waals surface area contributed by atoms with Gasteiger partial charge in [0.2, 0.25) is 0 Å². The van der Waals surface area contributed by atoms with Crippen LogP contribution in [0.3, 0.4) is 0 Å². The summed E-state index contributed by atoms with van der Waals surface area (Å²) < 4.78 is 19.2. The minimum absolute atomic E-state index is 0.223. The smallest absolute Gasteiger partial charge is 0.409 e. The average molecular weight is 743 g/mol. The molecule has 2 fully saturated rings. The Hall–Kier alpha value is -1.63. The fourth-order valence-electron chi connectivity index (χ4n) is 7.90. The zero-order valence-corrected chi connectivity index (χ0v) is 35.3. The highest BCUT2D eigenvalue weighted by Crippen LogP contribution is 2.43. The minimum atomic E-state index is -0.505. The summed E-state index contributed by atoms with van der Waals surface area (Å²) >= 11 is 0. The number of ether oxygens (including phenoxy) is 3. The van der Waals surface area contributed by atoms with E-state index >= 15 is 0 Å². The van der Waals surface area contributed by atoms with Crippen LogP contribution in [0.1, 0.15) is 206 Å². The molecule has 2 rings (SSSR count). The monoisotopic (exact) mass is 743 g/mol. The van der Waals surface area contributed by atoms with E-state index in [1.807, 2.05) is 11.9 Å². The molecule has 0 aliphatic carbocycles. The van der Waals surface area contributed by atoms with Gasteiger partial charge in [0.15, 0.2) is 5.79 Å². The Morgan fingerprint density at radius 1 is 0.660 bits per heavy atom. The second kappa shape index (κ2) is 32.6. The Morgan fingerprint density at radius 2 is 1.13 bits per heavy atom. The Labute approximate surface area is 328 Å². The van der Waals surface area contributed by atoms with E-state index in [0.717, 1.165) is 51.5 Å². The van der Waals surface area contributed by atoms with Gasteiger partial charge in [-0.15, -0.1) is 0 Å². The molecule has 2 heterocycles. The molecule has 2 unspecified atom stereocenters. The molecule has 6 nitrogen and oxygen atoms in total. The van der Waals surface area contributed by atoms with Gasteiger partial charge in [-0.25, -0.2) is 4.79 Å². The summed E-state index contributed by atoms with van der Waals surface area (Å²) in [6, 6.07) is 0. The van der Waals surface area contributed by atoms with E-state index in [1.54, 1.807) is 0 Å². The highest BCUT2D eigenvalue weighted by atomic mass is 16.8. The molecule has 308 valence electrons. The van der Waals surface area contributed by atoms with E-state index in [4.69, 9.17) is 14.2 Å². The number of nitrogens with zero attached hydrogens (tertiary/aromatic N) is 1. The quantitative estimate of drug-likeness (QED) is 0.0525. The minimum Gasteiger partial charge on any atom is -0.448 e. The molecule has 1 amide bonds. The van der Waals surface area contributed by atoms with E-state index in [2.05, 4.69) is 55.6 Å². The second-order valence-electron chi connectivity index (χ2n) is 16.2. The van der Waals surface area contributed by atoms with Crippen molar-refractivity contribution in [1.29, 1.82) is 0 Å². The third-order valence-corrected chi connectivity index (χ3v) is 11.2. The van der Waals surface area contributed by atoms with Crippen LogP contribution in [0.15, 0.2) is 36.5 Å². The summed E-state index contributed by atoms with van der Waals surface area (Å²) in [5, 5.41) is 3.05. The zero-order chi connectivity index (χ0) is 38.0. The van der Waals surface area contributed by atoms with Gasteiger partial charge in [-0.05, 0) is 90.5 Å². The van der Waals surface area contributed by atoms with E-state index < -0.39 is 11.4 Å². The fraction of sp³-hybridized carbons (Fsp3) is 0.851. The van der Waals surface area contributed by atoms with Crippen molar-refractivity contribution in [2.75, 3.05) is 39.9 Å². The van der Waals surface area contributed by atoms with Crippen molar-refractivity contribution in [2.24, 2.45) is 0 Å². The van der Waals surface area contributed by atoms with Gasteiger partial charge in [0.25, 0.3) is 0 Å². The summed E-state index contributed by atoms with van der Waals surface area (Å²) in [5.74, 6) is -0.505. The predicted octanol–water partition coefficient (Wildman–Crippen LogP) is 13.6. The largest absolute Gasteiger partial charge is 0.448 e. The first kappa shape index (κ1) is 47.5. The lowest BCUT2D eigenvalue weighted by Gasteiger charge is -2.40. The lowest BCUT2D eigenvalue weighted by atomic mass is 9.93. The number of amides is 1. The summed E-state index contributed by atoms with van der Waals surface area (Å²) in [6.07, 6.45) is 51.3. The van der Waals surface area contributed by atoms with Crippen molar-refractivity contribution >= 4 is 6.09 Å². The van der Waals surface area contributed by atoms with Gasteiger partial charge in [-0.3, -0.25) is 0 Å². The van der Waals surface area contributed by atoms with Crippen LogP contribution >= 0.6 is 0 Å². The van der Waals surface area contributed by atoms with Crippen LogP contribution in [-0.4, -0.2) is 62.3 Å². The summed E-state index contributed by atoms with van der Waals surface area (Å²) in [6.45, 7) is 7.50. The van der Waals surface area contributed by atoms with Crippen LogP contribution in [0.25, 0.3) is 0 Å². The maximum absolute atomic E-state index is 12.8. The number of carbonyl (C=O) groups excluding carboxylic acids is 1. The highest BCUT2D eigenvalue weighted by molar-refractivity contribution is 5.67. The van der Waals surface area contributed by atoms with Crippen molar-refractivity contribution in [2.45, 2.75) is 218 Å². The molecule has 0 aromatic carbocycles. The normalized spacial score (nSPS) is 20.6. The standard InChI is InChI=1S/C47H86N2O4/c1-4-6-8-10-12-14-16-18-20-22-24-26-28-30-32-34-38-47(39-35-33-31-29-27-25-23-21-19-17-15-13-11-9-7-5-2)52-44-46(53-47)37-36-41-49(43-46)45(50)51-42-40-48-3/h12,14,18-21,48H,4-11,13,15-17,22-44H2,1-3H3/b14-12-,20-18-,21-19-. The molecule has 0 bridgehead atoms. The Kier molecular flexibility index (Phi) is 29.2. The highest BCUT2D eigenvalue weighted by Gasteiger charge is 2.52. The number of carbonyl (C=O) groups is 1. The number of nitrogens with one attached hydrogen (secondary N) is 1. The molecule has 1 N–H and O–H groups in total. The molecule has 0 aromatic heterocycles. The van der Waals surface area contributed by atoms with Gasteiger partial charge in [0, 0.05) is 25.9 Å². The molecule has 0 saturated carbocycles. The van der Waals surface area contributed by atoms with E-state index in [0.29, 0.717) is 26.3 Å².